The average Bonchev–Trinajstić information content (AvgIpc) is 1.79. The first-order chi connectivity index (χ1) is 4.27. The van der Waals surface area contributed by atoms with E-state index in [0.717, 1.165) is 19.3 Å². The molecule has 0 aromatic rings. The Bertz CT molecular complexity index is 132. The summed E-state index contributed by atoms with van der Waals surface area (Å²) in [6, 6.07) is 0. The first kappa shape index (κ1) is 6.60. The van der Waals surface area contributed by atoms with Crippen LogP contribution < -0.4 is 5.32 Å². The lowest BCUT2D eigenvalue weighted by atomic mass is 9.88. The van der Waals surface area contributed by atoms with Crippen molar-refractivity contribution in [2.45, 2.75) is 25.0 Å². The van der Waals surface area contributed by atoms with Crippen molar-refractivity contribution >= 4 is 0 Å². The second-order valence-corrected chi connectivity index (χ2v) is 2.44. The lowest BCUT2D eigenvalue weighted by molar-refractivity contribution is -0.0602. The van der Waals surface area contributed by atoms with Crippen LogP contribution in [0.4, 0.5) is 0 Å². The first-order valence-corrected chi connectivity index (χ1v) is 3.18. The molecule has 0 aromatic carbocycles. The summed E-state index contributed by atoms with van der Waals surface area (Å²) in [5, 5.41) is 12.2. The van der Waals surface area contributed by atoms with Gasteiger partial charge in [-0.05, 0) is 19.3 Å². The Hall–Kier alpha value is -0.520. The molecule has 0 atom stereocenters. The van der Waals surface area contributed by atoms with E-state index in [1.807, 2.05) is 0 Å². The van der Waals surface area contributed by atoms with E-state index in [0.29, 0.717) is 6.54 Å². The third-order valence-corrected chi connectivity index (χ3v) is 1.70. The minimum absolute atomic E-state index is 0.469. The Morgan fingerprint density at radius 1 is 1.67 bits per heavy atom. The van der Waals surface area contributed by atoms with Gasteiger partial charge in [0.25, 0.3) is 0 Å². The number of hydrogen-bond donors (Lipinski definition) is 2. The molecule has 0 spiro atoms. The molecule has 0 aliphatic heterocycles. The zero-order valence-electron chi connectivity index (χ0n) is 5.35. The van der Waals surface area contributed by atoms with Crippen LogP contribution in [0.2, 0.25) is 0 Å². The van der Waals surface area contributed by atoms with Crippen LogP contribution in [0.5, 0.6) is 0 Å². The summed E-state index contributed by atoms with van der Waals surface area (Å²) in [6.45, 7) is 0.469. The molecule has 2 heteroatoms. The second-order valence-electron chi connectivity index (χ2n) is 2.44. The average molecular weight is 125 g/mol. The highest BCUT2D eigenvalue weighted by Crippen LogP contribution is 2.27. The molecule has 0 amide bonds. The number of nitrogens with one attached hydrogen (secondary N) is 1. The molecule has 1 aliphatic rings. The molecule has 9 heavy (non-hydrogen) atoms. The van der Waals surface area contributed by atoms with Crippen molar-refractivity contribution in [2.75, 3.05) is 6.54 Å². The fraction of sp³-hybridized carbons (Fsp3) is 0.714. The van der Waals surface area contributed by atoms with Gasteiger partial charge >= 0.3 is 0 Å². The standard InChI is InChI=1S/C7H11NO/c1-2-6-8-7(9)4-3-5-7/h1,8-9H,3-6H2. The van der Waals surface area contributed by atoms with Crippen LogP contribution in [0.15, 0.2) is 0 Å². The highest BCUT2D eigenvalue weighted by molar-refractivity contribution is 4.93. The van der Waals surface area contributed by atoms with E-state index in [-0.39, 0.29) is 0 Å². The highest BCUT2D eigenvalue weighted by atomic mass is 16.3. The van der Waals surface area contributed by atoms with Crippen LogP contribution in [0.25, 0.3) is 0 Å². The van der Waals surface area contributed by atoms with Gasteiger partial charge in [-0.1, -0.05) is 5.92 Å². The smallest absolute Gasteiger partial charge is 0.116 e. The van der Waals surface area contributed by atoms with Gasteiger partial charge in [-0.3, -0.25) is 5.32 Å². The van der Waals surface area contributed by atoms with E-state index in [4.69, 9.17) is 6.42 Å². The first-order valence-electron chi connectivity index (χ1n) is 3.18. The Morgan fingerprint density at radius 3 is 2.67 bits per heavy atom. The van der Waals surface area contributed by atoms with Gasteiger partial charge in [-0.15, -0.1) is 6.42 Å². The van der Waals surface area contributed by atoms with Gasteiger partial charge in [0.05, 0.1) is 6.54 Å². The van der Waals surface area contributed by atoms with Crippen molar-refractivity contribution < 1.29 is 5.11 Å². The summed E-state index contributed by atoms with van der Waals surface area (Å²) < 4.78 is 0. The maximum Gasteiger partial charge on any atom is 0.116 e. The van der Waals surface area contributed by atoms with Crippen LogP contribution in [-0.4, -0.2) is 17.4 Å². The van der Waals surface area contributed by atoms with Gasteiger partial charge in [0.15, 0.2) is 0 Å². The zero-order valence-corrected chi connectivity index (χ0v) is 5.35. The van der Waals surface area contributed by atoms with Crippen molar-refractivity contribution in [1.82, 2.24) is 5.32 Å². The van der Waals surface area contributed by atoms with Gasteiger partial charge in [0.1, 0.15) is 5.72 Å². The topological polar surface area (TPSA) is 32.3 Å². The van der Waals surface area contributed by atoms with Gasteiger partial charge in [0, 0.05) is 0 Å². The molecule has 1 aliphatic carbocycles. The van der Waals surface area contributed by atoms with Crippen molar-refractivity contribution in [2.24, 2.45) is 0 Å². The van der Waals surface area contributed by atoms with Crippen molar-refractivity contribution in [3.8, 4) is 12.3 Å². The van der Waals surface area contributed by atoms with Gasteiger partial charge in [0.2, 0.25) is 0 Å². The lowest BCUT2D eigenvalue weighted by Crippen LogP contribution is -2.50. The summed E-state index contributed by atoms with van der Waals surface area (Å²) in [7, 11) is 0. The lowest BCUT2D eigenvalue weighted by Gasteiger charge is -2.36. The fourth-order valence-electron chi connectivity index (χ4n) is 0.904. The van der Waals surface area contributed by atoms with Gasteiger partial charge in [-0.2, -0.15) is 0 Å². The summed E-state index contributed by atoms with van der Waals surface area (Å²) in [5.74, 6) is 2.42. The van der Waals surface area contributed by atoms with Gasteiger partial charge in [-0.25, -0.2) is 0 Å². The molecule has 0 aromatic heterocycles. The van der Waals surface area contributed by atoms with E-state index < -0.39 is 5.72 Å². The molecular weight excluding hydrogens is 114 g/mol. The molecule has 0 radical (unpaired) electrons. The molecule has 50 valence electrons. The molecule has 0 bridgehead atoms. The van der Waals surface area contributed by atoms with Crippen LogP contribution in [0, 0.1) is 12.3 Å². The van der Waals surface area contributed by atoms with Crippen LogP contribution in [0.1, 0.15) is 19.3 Å². The number of terminal acetylenes is 1. The van der Waals surface area contributed by atoms with E-state index in [1.165, 1.54) is 0 Å². The third-order valence-electron chi connectivity index (χ3n) is 1.70. The molecule has 2 nitrogen and oxygen atoms in total. The van der Waals surface area contributed by atoms with Crippen LogP contribution >= 0.6 is 0 Å². The molecule has 1 saturated carbocycles. The predicted molar refractivity (Wildman–Crippen MR) is 35.6 cm³/mol. The summed E-state index contributed by atoms with van der Waals surface area (Å²) in [5.41, 5.74) is -0.619. The van der Waals surface area contributed by atoms with Gasteiger partial charge < -0.3 is 5.11 Å². The van der Waals surface area contributed by atoms with E-state index in [9.17, 15) is 5.11 Å². The number of rotatable bonds is 2. The zero-order chi connectivity index (χ0) is 6.74. The molecule has 1 fully saturated rings. The summed E-state index contributed by atoms with van der Waals surface area (Å²) >= 11 is 0. The molecule has 0 heterocycles. The second kappa shape index (κ2) is 2.38. The van der Waals surface area contributed by atoms with Crippen molar-refractivity contribution in [1.29, 1.82) is 0 Å². The number of hydrogen-bond acceptors (Lipinski definition) is 2. The molecule has 2 N–H and O–H groups in total. The Labute approximate surface area is 55.3 Å². The van der Waals surface area contributed by atoms with Crippen LogP contribution in [-0.2, 0) is 0 Å². The predicted octanol–water partition coefficient (Wildman–Crippen LogP) is 0.0817. The molecule has 1 rings (SSSR count). The molecular formula is C7H11NO. The fourth-order valence-corrected chi connectivity index (χ4v) is 0.904. The monoisotopic (exact) mass is 125 g/mol. The van der Waals surface area contributed by atoms with Crippen molar-refractivity contribution in [3.63, 3.8) is 0 Å². The minimum Gasteiger partial charge on any atom is -0.376 e. The van der Waals surface area contributed by atoms with E-state index >= 15 is 0 Å². The minimum atomic E-state index is -0.619. The SMILES string of the molecule is C#CCNC1(O)CCC1. The third kappa shape index (κ3) is 1.44. The number of aliphatic hydroxyl groups is 1. The van der Waals surface area contributed by atoms with E-state index in [1.54, 1.807) is 0 Å². The largest absolute Gasteiger partial charge is 0.376 e. The normalized spacial score (nSPS) is 22.2. The highest BCUT2D eigenvalue weighted by Gasteiger charge is 2.32. The maximum absolute atomic E-state index is 9.33. The maximum atomic E-state index is 9.33. The summed E-state index contributed by atoms with van der Waals surface area (Å²) in [4.78, 5) is 0. The molecule has 0 unspecified atom stereocenters. The molecule has 0 saturated heterocycles. The van der Waals surface area contributed by atoms with E-state index in [2.05, 4.69) is 11.2 Å². The van der Waals surface area contributed by atoms with Crippen LogP contribution in [0.3, 0.4) is 0 Å². The Kier molecular flexibility index (Phi) is 1.75. The Morgan fingerprint density at radius 2 is 2.33 bits per heavy atom. The quantitative estimate of drug-likeness (QED) is 0.404. The summed E-state index contributed by atoms with van der Waals surface area (Å²) in [6.07, 6.45) is 7.78. The Balaban J connectivity index is 2.19. The van der Waals surface area contributed by atoms with Crippen molar-refractivity contribution in [3.05, 3.63) is 0 Å².